The van der Waals surface area contributed by atoms with Crippen LogP contribution >= 0.6 is 0 Å². The van der Waals surface area contributed by atoms with Gasteiger partial charge in [0.25, 0.3) is 0 Å². The summed E-state index contributed by atoms with van der Waals surface area (Å²) in [5.41, 5.74) is 3.64. The predicted molar refractivity (Wildman–Crippen MR) is 64.5 cm³/mol. The highest BCUT2D eigenvalue weighted by Gasteiger charge is 2.19. The summed E-state index contributed by atoms with van der Waals surface area (Å²) in [5, 5.41) is 2.45. The maximum Gasteiger partial charge on any atom is 0.0131 e. The van der Waals surface area contributed by atoms with Gasteiger partial charge in [0.05, 0.1) is 0 Å². The molecule has 2 heteroatoms. The number of nitrogens with one attached hydrogen (secondary N) is 1. The third-order valence-electron chi connectivity index (χ3n) is 4.10. The zero-order valence-corrected chi connectivity index (χ0v) is 10.2. The smallest absolute Gasteiger partial charge is 0.0131 e. The second-order valence-corrected chi connectivity index (χ2v) is 5.54. The van der Waals surface area contributed by atoms with Crippen molar-refractivity contribution in [1.82, 2.24) is 10.4 Å². The van der Waals surface area contributed by atoms with E-state index in [-0.39, 0.29) is 0 Å². The van der Waals surface area contributed by atoms with E-state index in [1.54, 1.807) is 0 Å². The molecule has 2 aliphatic rings. The van der Waals surface area contributed by atoms with E-state index < -0.39 is 0 Å². The standard InChI is InChI=1S/C13H26N2/c1-12-5-7-13(8-6-12)11-14-15-9-3-2-4-10-15/h12-14H,2-11H2,1H3. The highest BCUT2D eigenvalue weighted by Crippen LogP contribution is 2.27. The summed E-state index contributed by atoms with van der Waals surface area (Å²) >= 11 is 0. The first-order chi connectivity index (χ1) is 7.34. The van der Waals surface area contributed by atoms with E-state index >= 15 is 0 Å². The molecule has 1 saturated heterocycles. The largest absolute Gasteiger partial charge is 0.255 e. The Balaban J connectivity index is 1.60. The Morgan fingerprint density at radius 2 is 1.67 bits per heavy atom. The fraction of sp³-hybridized carbons (Fsp3) is 1.00. The quantitative estimate of drug-likeness (QED) is 0.770. The lowest BCUT2D eigenvalue weighted by molar-refractivity contribution is 0.132. The van der Waals surface area contributed by atoms with Gasteiger partial charge in [0, 0.05) is 19.6 Å². The molecule has 1 heterocycles. The van der Waals surface area contributed by atoms with Crippen LogP contribution in [0.25, 0.3) is 0 Å². The molecule has 1 aliphatic heterocycles. The monoisotopic (exact) mass is 210 g/mol. The first kappa shape index (κ1) is 11.4. The fourth-order valence-corrected chi connectivity index (χ4v) is 2.84. The molecule has 0 radical (unpaired) electrons. The van der Waals surface area contributed by atoms with Crippen molar-refractivity contribution in [3.63, 3.8) is 0 Å². The van der Waals surface area contributed by atoms with Crippen molar-refractivity contribution in [1.29, 1.82) is 0 Å². The van der Waals surface area contributed by atoms with E-state index in [0.29, 0.717) is 0 Å². The van der Waals surface area contributed by atoms with Crippen LogP contribution in [0.2, 0.25) is 0 Å². The number of hydrazine groups is 1. The zero-order chi connectivity index (χ0) is 10.5. The molecule has 1 aliphatic carbocycles. The molecule has 1 N–H and O–H groups in total. The van der Waals surface area contributed by atoms with Crippen molar-refractivity contribution in [2.45, 2.75) is 51.9 Å². The molecule has 0 aromatic carbocycles. The number of hydrogen-bond donors (Lipinski definition) is 1. The first-order valence-electron chi connectivity index (χ1n) is 6.83. The van der Waals surface area contributed by atoms with Gasteiger partial charge in [-0.3, -0.25) is 5.43 Å². The number of nitrogens with zero attached hydrogens (tertiary/aromatic N) is 1. The maximum absolute atomic E-state index is 3.64. The van der Waals surface area contributed by atoms with Crippen LogP contribution in [0.4, 0.5) is 0 Å². The minimum absolute atomic E-state index is 0.947. The minimum Gasteiger partial charge on any atom is -0.255 e. The molecular weight excluding hydrogens is 184 g/mol. The Bertz CT molecular complexity index is 167. The molecule has 0 spiro atoms. The Morgan fingerprint density at radius 3 is 2.33 bits per heavy atom. The SMILES string of the molecule is CC1CCC(CNN2CCCCC2)CC1. The fourth-order valence-electron chi connectivity index (χ4n) is 2.84. The van der Waals surface area contributed by atoms with Gasteiger partial charge in [-0.2, -0.15) is 0 Å². The molecule has 0 amide bonds. The summed E-state index contributed by atoms with van der Waals surface area (Å²) in [4.78, 5) is 0. The third-order valence-corrected chi connectivity index (χ3v) is 4.10. The molecule has 88 valence electrons. The highest BCUT2D eigenvalue weighted by molar-refractivity contribution is 4.72. The molecule has 2 nitrogen and oxygen atoms in total. The molecule has 2 fully saturated rings. The van der Waals surface area contributed by atoms with Crippen molar-refractivity contribution in [2.75, 3.05) is 19.6 Å². The Kier molecular flexibility index (Phi) is 4.45. The topological polar surface area (TPSA) is 15.3 Å². The van der Waals surface area contributed by atoms with Crippen molar-refractivity contribution in [2.24, 2.45) is 11.8 Å². The van der Waals surface area contributed by atoms with Crippen LogP contribution in [0.15, 0.2) is 0 Å². The molecule has 0 aromatic heterocycles. The van der Waals surface area contributed by atoms with Gasteiger partial charge >= 0.3 is 0 Å². The van der Waals surface area contributed by atoms with Crippen LogP contribution in [0.3, 0.4) is 0 Å². The van der Waals surface area contributed by atoms with Crippen LogP contribution in [0.5, 0.6) is 0 Å². The molecule has 0 unspecified atom stereocenters. The average Bonchev–Trinajstić information content (AvgIpc) is 2.30. The van der Waals surface area contributed by atoms with E-state index in [9.17, 15) is 0 Å². The van der Waals surface area contributed by atoms with Gasteiger partial charge in [0.15, 0.2) is 0 Å². The van der Waals surface area contributed by atoms with Crippen LogP contribution < -0.4 is 5.43 Å². The Hall–Kier alpha value is -0.0800. The summed E-state index contributed by atoms with van der Waals surface area (Å²) in [7, 11) is 0. The van der Waals surface area contributed by atoms with Crippen molar-refractivity contribution in [3.8, 4) is 0 Å². The van der Waals surface area contributed by atoms with Crippen LogP contribution in [-0.2, 0) is 0 Å². The number of piperidine rings is 1. The lowest BCUT2D eigenvalue weighted by Crippen LogP contribution is -2.44. The van der Waals surface area contributed by atoms with Crippen molar-refractivity contribution in [3.05, 3.63) is 0 Å². The van der Waals surface area contributed by atoms with Gasteiger partial charge in [0.2, 0.25) is 0 Å². The summed E-state index contributed by atoms with van der Waals surface area (Å²) in [6.07, 6.45) is 9.99. The maximum atomic E-state index is 3.64. The van der Waals surface area contributed by atoms with E-state index in [0.717, 1.165) is 11.8 Å². The normalized spacial score (nSPS) is 34.2. The van der Waals surface area contributed by atoms with E-state index in [1.807, 2.05) is 0 Å². The highest BCUT2D eigenvalue weighted by atomic mass is 15.5. The summed E-state index contributed by atoms with van der Waals surface area (Å²) in [5.74, 6) is 1.93. The van der Waals surface area contributed by atoms with Crippen molar-refractivity contribution >= 4 is 0 Å². The van der Waals surface area contributed by atoms with Gasteiger partial charge in [-0.15, -0.1) is 0 Å². The van der Waals surface area contributed by atoms with Crippen molar-refractivity contribution < 1.29 is 0 Å². The zero-order valence-electron chi connectivity index (χ0n) is 10.2. The Morgan fingerprint density at radius 1 is 1.00 bits per heavy atom. The van der Waals surface area contributed by atoms with Gasteiger partial charge < -0.3 is 0 Å². The summed E-state index contributed by atoms with van der Waals surface area (Å²) in [6, 6.07) is 0. The van der Waals surface area contributed by atoms with E-state index in [4.69, 9.17) is 0 Å². The molecule has 0 bridgehead atoms. The van der Waals surface area contributed by atoms with Gasteiger partial charge in [-0.25, -0.2) is 5.01 Å². The van der Waals surface area contributed by atoms with Crippen LogP contribution in [0, 0.1) is 11.8 Å². The van der Waals surface area contributed by atoms with Crippen LogP contribution in [0.1, 0.15) is 51.9 Å². The molecule has 2 rings (SSSR count). The lowest BCUT2D eigenvalue weighted by atomic mass is 9.83. The van der Waals surface area contributed by atoms with Gasteiger partial charge in [-0.1, -0.05) is 26.2 Å². The van der Waals surface area contributed by atoms with Gasteiger partial charge in [0.1, 0.15) is 0 Å². The molecule has 1 saturated carbocycles. The average molecular weight is 210 g/mol. The number of rotatable bonds is 3. The molecule has 0 aromatic rings. The molecule has 15 heavy (non-hydrogen) atoms. The van der Waals surface area contributed by atoms with E-state index in [1.165, 1.54) is 64.6 Å². The second-order valence-electron chi connectivity index (χ2n) is 5.54. The summed E-state index contributed by atoms with van der Waals surface area (Å²) < 4.78 is 0. The minimum atomic E-state index is 0.947. The van der Waals surface area contributed by atoms with Gasteiger partial charge in [-0.05, 0) is 37.5 Å². The third kappa shape index (κ3) is 3.76. The lowest BCUT2D eigenvalue weighted by Gasteiger charge is -2.31. The number of hydrogen-bond acceptors (Lipinski definition) is 2. The molecule has 0 atom stereocenters. The van der Waals surface area contributed by atoms with E-state index in [2.05, 4.69) is 17.4 Å². The first-order valence-corrected chi connectivity index (χ1v) is 6.83. The van der Waals surface area contributed by atoms with Crippen LogP contribution in [-0.4, -0.2) is 24.6 Å². The Labute approximate surface area is 94.4 Å². The molecular formula is C13H26N2. The predicted octanol–water partition coefficient (Wildman–Crippen LogP) is 2.80. The summed E-state index contributed by atoms with van der Waals surface area (Å²) in [6.45, 7) is 6.16. The second kappa shape index (κ2) is 5.86.